The van der Waals surface area contributed by atoms with Crippen LogP contribution in [-0.4, -0.2) is 18.8 Å². The summed E-state index contributed by atoms with van der Waals surface area (Å²) in [7, 11) is 0. The summed E-state index contributed by atoms with van der Waals surface area (Å²) in [5.74, 6) is 0.579. The van der Waals surface area contributed by atoms with Gasteiger partial charge in [-0.05, 0) is 75.1 Å². The van der Waals surface area contributed by atoms with Crippen LogP contribution in [0.4, 0.5) is 4.39 Å². The maximum Gasteiger partial charge on any atom is 0.123 e. The Kier molecular flexibility index (Phi) is 6.82. The Bertz CT molecular complexity index is 497. The van der Waals surface area contributed by atoms with Gasteiger partial charge in [-0.25, -0.2) is 4.39 Å². The number of hydrogen-bond acceptors (Lipinski definition) is 2. The lowest BCUT2D eigenvalue weighted by Crippen LogP contribution is -2.42. The third kappa shape index (κ3) is 6.18. The zero-order chi connectivity index (χ0) is 17.6. The molecule has 24 heavy (non-hydrogen) atoms. The van der Waals surface area contributed by atoms with E-state index in [1.54, 1.807) is 0 Å². The zero-order valence-electron chi connectivity index (χ0n) is 15.8. The highest BCUT2D eigenvalue weighted by molar-refractivity contribution is 5.15. The molecule has 1 heterocycles. The van der Waals surface area contributed by atoms with Crippen molar-refractivity contribution in [3.8, 4) is 0 Å². The van der Waals surface area contributed by atoms with Crippen LogP contribution in [0.1, 0.15) is 65.4 Å². The number of nitrogens with one attached hydrogen (secondary N) is 1. The van der Waals surface area contributed by atoms with E-state index in [9.17, 15) is 4.39 Å². The van der Waals surface area contributed by atoms with Crippen molar-refractivity contribution in [1.82, 2.24) is 5.32 Å². The first-order valence-electron chi connectivity index (χ1n) is 9.39. The lowest BCUT2D eigenvalue weighted by molar-refractivity contribution is -0.110. The molecular formula is C21H34FNO. The molecule has 0 saturated carbocycles. The maximum atomic E-state index is 13.0. The molecule has 0 bridgehead atoms. The van der Waals surface area contributed by atoms with Gasteiger partial charge < -0.3 is 10.1 Å². The number of hydrogen-bond donors (Lipinski definition) is 1. The standard InChI is InChI=1S/C21H34FNO/c1-17(2)9-10-21(12-14-24-20(3,4)16-21)11-13-23-15-18-5-7-19(22)8-6-18/h5-8,17,23H,9-16H2,1-4H3. The quantitative estimate of drug-likeness (QED) is 0.649. The summed E-state index contributed by atoms with van der Waals surface area (Å²) in [6.07, 6.45) is 6.07. The highest BCUT2D eigenvalue weighted by atomic mass is 19.1. The van der Waals surface area contributed by atoms with Gasteiger partial charge in [-0.1, -0.05) is 32.4 Å². The van der Waals surface area contributed by atoms with E-state index in [1.165, 1.54) is 37.8 Å². The molecule has 1 fully saturated rings. The van der Waals surface area contributed by atoms with Crippen molar-refractivity contribution in [1.29, 1.82) is 0 Å². The molecule has 2 nitrogen and oxygen atoms in total. The summed E-state index contributed by atoms with van der Waals surface area (Å²) in [4.78, 5) is 0. The van der Waals surface area contributed by atoms with Crippen molar-refractivity contribution in [3.63, 3.8) is 0 Å². The van der Waals surface area contributed by atoms with Crippen molar-refractivity contribution in [2.75, 3.05) is 13.2 Å². The fourth-order valence-electron chi connectivity index (χ4n) is 3.92. The molecule has 0 aromatic heterocycles. The van der Waals surface area contributed by atoms with Crippen LogP contribution in [0.2, 0.25) is 0 Å². The normalized spacial score (nSPS) is 23.6. The average Bonchev–Trinajstić information content (AvgIpc) is 2.51. The second-order valence-electron chi connectivity index (χ2n) is 8.52. The Labute approximate surface area is 147 Å². The van der Waals surface area contributed by atoms with E-state index in [2.05, 4.69) is 33.0 Å². The second kappa shape index (κ2) is 8.44. The summed E-state index contributed by atoms with van der Waals surface area (Å²) in [6, 6.07) is 6.77. The molecule has 3 heteroatoms. The van der Waals surface area contributed by atoms with Crippen LogP contribution in [0.15, 0.2) is 24.3 Å². The molecule has 0 radical (unpaired) electrons. The van der Waals surface area contributed by atoms with Crippen LogP contribution in [0.25, 0.3) is 0 Å². The molecule has 1 saturated heterocycles. The molecule has 1 atom stereocenters. The largest absolute Gasteiger partial charge is 0.376 e. The van der Waals surface area contributed by atoms with Crippen LogP contribution in [0, 0.1) is 17.2 Å². The molecule has 1 aliphatic heterocycles. The summed E-state index contributed by atoms with van der Waals surface area (Å²) < 4.78 is 18.9. The van der Waals surface area contributed by atoms with E-state index in [-0.39, 0.29) is 11.4 Å². The van der Waals surface area contributed by atoms with Crippen molar-refractivity contribution < 1.29 is 9.13 Å². The van der Waals surface area contributed by atoms with E-state index in [0.29, 0.717) is 5.41 Å². The smallest absolute Gasteiger partial charge is 0.123 e. The minimum absolute atomic E-state index is 0.00775. The van der Waals surface area contributed by atoms with E-state index in [0.717, 1.165) is 37.6 Å². The highest BCUT2D eigenvalue weighted by Crippen LogP contribution is 2.45. The molecule has 1 aromatic rings. The van der Waals surface area contributed by atoms with Gasteiger partial charge in [-0.2, -0.15) is 0 Å². The molecule has 0 spiro atoms. The predicted octanol–water partition coefficient (Wildman–Crippen LogP) is 5.32. The molecule has 136 valence electrons. The predicted molar refractivity (Wildman–Crippen MR) is 98.5 cm³/mol. The van der Waals surface area contributed by atoms with Crippen molar-refractivity contribution in [2.24, 2.45) is 11.3 Å². The first kappa shape index (κ1) is 19.4. The first-order chi connectivity index (χ1) is 11.3. The Morgan fingerprint density at radius 2 is 1.88 bits per heavy atom. The van der Waals surface area contributed by atoms with Gasteiger partial charge in [0.05, 0.1) is 5.60 Å². The van der Waals surface area contributed by atoms with Gasteiger partial charge >= 0.3 is 0 Å². The van der Waals surface area contributed by atoms with Crippen LogP contribution < -0.4 is 5.32 Å². The molecule has 2 rings (SSSR count). The Morgan fingerprint density at radius 3 is 2.50 bits per heavy atom. The van der Waals surface area contributed by atoms with Crippen molar-refractivity contribution in [2.45, 2.75) is 71.9 Å². The Hall–Kier alpha value is -0.930. The molecule has 0 amide bonds. The molecule has 1 aliphatic rings. The lowest BCUT2D eigenvalue weighted by atomic mass is 9.68. The van der Waals surface area contributed by atoms with Gasteiger partial charge in [-0.15, -0.1) is 0 Å². The average molecular weight is 336 g/mol. The molecule has 1 unspecified atom stereocenters. The van der Waals surface area contributed by atoms with E-state index < -0.39 is 0 Å². The Morgan fingerprint density at radius 1 is 1.17 bits per heavy atom. The van der Waals surface area contributed by atoms with Crippen molar-refractivity contribution >= 4 is 0 Å². The van der Waals surface area contributed by atoms with E-state index in [4.69, 9.17) is 4.74 Å². The third-order valence-corrected chi connectivity index (χ3v) is 5.25. The zero-order valence-corrected chi connectivity index (χ0v) is 15.8. The lowest BCUT2D eigenvalue weighted by Gasteiger charge is -2.45. The summed E-state index contributed by atoms with van der Waals surface area (Å²) in [5.41, 5.74) is 1.52. The van der Waals surface area contributed by atoms with E-state index in [1.807, 2.05) is 12.1 Å². The molecule has 1 N–H and O–H groups in total. The van der Waals surface area contributed by atoms with Crippen LogP contribution in [0.3, 0.4) is 0 Å². The van der Waals surface area contributed by atoms with Gasteiger partial charge in [0, 0.05) is 13.2 Å². The van der Waals surface area contributed by atoms with Gasteiger partial charge in [0.2, 0.25) is 0 Å². The van der Waals surface area contributed by atoms with Crippen molar-refractivity contribution in [3.05, 3.63) is 35.6 Å². The number of halogens is 1. The number of ether oxygens (including phenoxy) is 1. The van der Waals surface area contributed by atoms with Crippen LogP contribution in [0.5, 0.6) is 0 Å². The minimum Gasteiger partial charge on any atom is -0.376 e. The first-order valence-corrected chi connectivity index (χ1v) is 9.39. The van der Waals surface area contributed by atoms with Crippen LogP contribution >= 0.6 is 0 Å². The Balaban J connectivity index is 1.87. The van der Waals surface area contributed by atoms with E-state index >= 15 is 0 Å². The number of rotatable bonds is 8. The molecule has 1 aromatic carbocycles. The monoisotopic (exact) mass is 335 g/mol. The summed E-state index contributed by atoms with van der Waals surface area (Å²) in [5, 5.41) is 3.54. The van der Waals surface area contributed by atoms with Gasteiger partial charge in [-0.3, -0.25) is 0 Å². The van der Waals surface area contributed by atoms with Gasteiger partial charge in [0.25, 0.3) is 0 Å². The fourth-order valence-corrected chi connectivity index (χ4v) is 3.92. The third-order valence-electron chi connectivity index (χ3n) is 5.25. The van der Waals surface area contributed by atoms with Gasteiger partial charge in [0.1, 0.15) is 5.82 Å². The minimum atomic E-state index is -0.171. The summed E-state index contributed by atoms with van der Waals surface area (Å²) in [6.45, 7) is 11.8. The summed E-state index contributed by atoms with van der Waals surface area (Å²) >= 11 is 0. The molecular weight excluding hydrogens is 301 g/mol. The fraction of sp³-hybridized carbons (Fsp3) is 0.714. The highest BCUT2D eigenvalue weighted by Gasteiger charge is 2.40. The molecule has 0 aliphatic carbocycles. The van der Waals surface area contributed by atoms with Crippen LogP contribution in [-0.2, 0) is 11.3 Å². The van der Waals surface area contributed by atoms with Gasteiger partial charge in [0.15, 0.2) is 0 Å². The second-order valence-corrected chi connectivity index (χ2v) is 8.52. The number of benzene rings is 1. The maximum absolute atomic E-state index is 13.0. The SMILES string of the molecule is CC(C)CCC1(CCNCc2ccc(F)cc2)CCOC(C)(C)C1. The topological polar surface area (TPSA) is 21.3 Å².